The molecule has 0 spiro atoms. The summed E-state index contributed by atoms with van der Waals surface area (Å²) in [5.41, 5.74) is 1.57. The molecule has 0 saturated heterocycles. The molecule has 2 aromatic carbocycles. The lowest BCUT2D eigenvalue weighted by atomic mass is 10.1. The van der Waals surface area contributed by atoms with Gasteiger partial charge in [0.15, 0.2) is 0 Å². The Morgan fingerprint density at radius 3 is 2.39 bits per heavy atom. The molecule has 8 nitrogen and oxygen atoms in total. The van der Waals surface area contributed by atoms with E-state index in [0.29, 0.717) is 47.2 Å². The maximum atomic E-state index is 12.2. The van der Waals surface area contributed by atoms with Crippen molar-refractivity contribution in [2.75, 3.05) is 31.0 Å². The lowest BCUT2D eigenvalue weighted by molar-refractivity contribution is 0.0953. The van der Waals surface area contributed by atoms with E-state index >= 15 is 0 Å². The highest BCUT2D eigenvalue weighted by Crippen LogP contribution is 2.26. The van der Waals surface area contributed by atoms with Crippen molar-refractivity contribution in [2.45, 2.75) is 12.8 Å². The second-order valence-electron chi connectivity index (χ2n) is 6.44. The van der Waals surface area contributed by atoms with Gasteiger partial charge in [0.05, 0.1) is 10.0 Å². The van der Waals surface area contributed by atoms with E-state index < -0.39 is 11.3 Å². The van der Waals surface area contributed by atoms with Gasteiger partial charge >= 0.3 is 6.03 Å². The predicted octanol–water partition coefficient (Wildman–Crippen LogP) is 2.89. The Bertz CT molecular complexity index is 928. The van der Waals surface area contributed by atoms with Crippen molar-refractivity contribution >= 4 is 52.1 Å². The van der Waals surface area contributed by atoms with Crippen LogP contribution < -0.4 is 20.3 Å². The SMILES string of the molecule is CNC(=O)NCCCNC(=O)c1ccc(N(CCc2cccc(Cl)c2Cl)S(=O)[O-])cc1. The van der Waals surface area contributed by atoms with Crippen LogP contribution in [0.1, 0.15) is 22.3 Å². The molecule has 11 heteroatoms. The standard InChI is InChI=1S/C20H24Cl2N4O4S/c1-23-20(28)25-12-3-11-24-19(27)15-6-8-16(9-7-15)26(31(29)30)13-10-14-4-2-5-17(21)18(14)22/h2,4-9H,3,10-13H2,1H3,(H,24,27)(H,29,30)(H2,23,25,28)/p-1. The van der Waals surface area contributed by atoms with Crippen molar-refractivity contribution in [3.05, 3.63) is 63.6 Å². The Morgan fingerprint density at radius 1 is 1.06 bits per heavy atom. The molecular formula is C20H23Cl2N4O4S-. The molecule has 2 aromatic rings. The van der Waals surface area contributed by atoms with Crippen molar-refractivity contribution < 1.29 is 18.4 Å². The van der Waals surface area contributed by atoms with E-state index in [2.05, 4.69) is 16.0 Å². The molecule has 0 fully saturated rings. The molecule has 0 saturated carbocycles. The first kappa shape index (κ1) is 24.9. The lowest BCUT2D eigenvalue weighted by Gasteiger charge is -2.26. The van der Waals surface area contributed by atoms with Gasteiger partial charge in [-0.3, -0.25) is 9.00 Å². The topological polar surface area (TPSA) is 114 Å². The van der Waals surface area contributed by atoms with Crippen molar-refractivity contribution in [3.8, 4) is 0 Å². The molecule has 1 atom stereocenters. The molecule has 0 radical (unpaired) electrons. The van der Waals surface area contributed by atoms with Crippen molar-refractivity contribution in [1.82, 2.24) is 16.0 Å². The largest absolute Gasteiger partial charge is 0.755 e. The van der Waals surface area contributed by atoms with Gasteiger partial charge in [-0.05, 0) is 48.7 Å². The van der Waals surface area contributed by atoms with E-state index in [1.165, 1.54) is 11.4 Å². The zero-order valence-corrected chi connectivity index (χ0v) is 19.1. The number of amides is 3. The molecule has 0 aliphatic carbocycles. The van der Waals surface area contributed by atoms with Crippen LogP contribution in [0, 0.1) is 0 Å². The number of rotatable bonds is 10. The lowest BCUT2D eigenvalue weighted by Crippen LogP contribution is -2.35. The number of benzene rings is 2. The molecule has 0 aliphatic heterocycles. The summed E-state index contributed by atoms with van der Waals surface area (Å²) < 4.78 is 24.6. The number of carbonyl (C=O) groups excluding carboxylic acids is 2. The zero-order chi connectivity index (χ0) is 22.8. The monoisotopic (exact) mass is 485 g/mol. The van der Waals surface area contributed by atoms with Gasteiger partial charge in [0.2, 0.25) is 0 Å². The fourth-order valence-electron chi connectivity index (χ4n) is 2.71. The highest BCUT2D eigenvalue weighted by atomic mass is 35.5. The van der Waals surface area contributed by atoms with Gasteiger partial charge in [-0.15, -0.1) is 0 Å². The molecule has 1 unspecified atom stereocenters. The third-order valence-corrected chi connectivity index (χ3v) is 5.98. The maximum absolute atomic E-state index is 12.2. The Kier molecular flexibility index (Phi) is 10.1. The Hall–Kier alpha value is -2.33. The number of hydrogen-bond donors (Lipinski definition) is 3. The Morgan fingerprint density at radius 2 is 1.74 bits per heavy atom. The second-order valence-corrected chi connectivity index (χ2v) is 8.10. The van der Waals surface area contributed by atoms with Gasteiger partial charge in [-0.2, -0.15) is 0 Å². The van der Waals surface area contributed by atoms with Crippen LogP contribution in [-0.2, 0) is 17.7 Å². The number of nitrogens with one attached hydrogen (secondary N) is 3. The van der Waals surface area contributed by atoms with Crippen LogP contribution >= 0.6 is 23.2 Å². The molecule has 0 aromatic heterocycles. The second kappa shape index (κ2) is 12.5. The van der Waals surface area contributed by atoms with Crippen LogP contribution in [0.3, 0.4) is 0 Å². The first-order valence-electron chi connectivity index (χ1n) is 9.47. The van der Waals surface area contributed by atoms with Gasteiger partial charge in [-0.1, -0.05) is 35.3 Å². The summed E-state index contributed by atoms with van der Waals surface area (Å²) in [7, 11) is 1.52. The number of nitrogens with zero attached hydrogens (tertiary/aromatic N) is 1. The van der Waals surface area contributed by atoms with E-state index in [1.807, 2.05) is 0 Å². The van der Waals surface area contributed by atoms with Gasteiger partial charge < -0.3 is 24.8 Å². The van der Waals surface area contributed by atoms with E-state index in [9.17, 15) is 18.4 Å². The van der Waals surface area contributed by atoms with Gasteiger partial charge in [0.25, 0.3) is 5.91 Å². The zero-order valence-electron chi connectivity index (χ0n) is 16.8. The summed E-state index contributed by atoms with van der Waals surface area (Å²) in [6.45, 7) is 0.988. The summed E-state index contributed by atoms with van der Waals surface area (Å²) in [5, 5.41) is 8.62. The van der Waals surface area contributed by atoms with Crippen LogP contribution in [-0.4, -0.2) is 47.4 Å². The van der Waals surface area contributed by atoms with Gasteiger partial charge in [-0.25, -0.2) is 4.79 Å². The number of halogens is 2. The molecule has 31 heavy (non-hydrogen) atoms. The van der Waals surface area contributed by atoms with Crippen molar-refractivity contribution in [3.63, 3.8) is 0 Å². The first-order valence-corrected chi connectivity index (χ1v) is 11.3. The molecule has 0 bridgehead atoms. The summed E-state index contributed by atoms with van der Waals surface area (Å²) >= 11 is 9.67. The van der Waals surface area contributed by atoms with Crippen LogP contribution in [0.4, 0.5) is 10.5 Å². The fraction of sp³-hybridized carbons (Fsp3) is 0.300. The number of hydrogen-bond acceptors (Lipinski definition) is 4. The Balaban J connectivity index is 1.92. The quantitative estimate of drug-likeness (QED) is 0.354. The minimum absolute atomic E-state index is 0.167. The average Bonchev–Trinajstić information content (AvgIpc) is 2.76. The molecule has 168 valence electrons. The summed E-state index contributed by atoms with van der Waals surface area (Å²) in [6.07, 6.45) is 0.950. The summed E-state index contributed by atoms with van der Waals surface area (Å²) in [6, 6.07) is 11.2. The van der Waals surface area contributed by atoms with Crippen LogP contribution in [0.5, 0.6) is 0 Å². The maximum Gasteiger partial charge on any atom is 0.314 e. The predicted molar refractivity (Wildman–Crippen MR) is 122 cm³/mol. The number of urea groups is 1. The summed E-state index contributed by atoms with van der Waals surface area (Å²) in [5.74, 6) is -0.285. The van der Waals surface area contributed by atoms with Crippen LogP contribution in [0.25, 0.3) is 0 Å². The first-order chi connectivity index (χ1) is 14.8. The number of carbonyl (C=O) groups is 2. The van der Waals surface area contributed by atoms with Gasteiger partial charge in [0.1, 0.15) is 0 Å². The highest BCUT2D eigenvalue weighted by molar-refractivity contribution is 7.80. The van der Waals surface area contributed by atoms with Crippen LogP contribution in [0.2, 0.25) is 10.0 Å². The van der Waals surface area contributed by atoms with E-state index in [0.717, 1.165) is 5.56 Å². The normalized spacial score (nSPS) is 11.5. The van der Waals surface area contributed by atoms with Crippen molar-refractivity contribution in [1.29, 1.82) is 0 Å². The minimum atomic E-state index is -2.50. The van der Waals surface area contributed by atoms with Crippen LogP contribution in [0.15, 0.2) is 42.5 Å². The van der Waals surface area contributed by atoms with Gasteiger partial charge in [0, 0.05) is 49.2 Å². The average molecular weight is 486 g/mol. The fourth-order valence-corrected chi connectivity index (χ4v) is 3.66. The minimum Gasteiger partial charge on any atom is -0.755 e. The van der Waals surface area contributed by atoms with Crippen molar-refractivity contribution in [2.24, 2.45) is 0 Å². The van der Waals surface area contributed by atoms with E-state index in [1.54, 1.807) is 42.5 Å². The molecule has 0 heterocycles. The van der Waals surface area contributed by atoms with E-state index in [4.69, 9.17) is 23.2 Å². The van der Waals surface area contributed by atoms with E-state index in [-0.39, 0.29) is 18.5 Å². The third kappa shape index (κ3) is 7.70. The number of anilines is 1. The third-order valence-electron chi connectivity index (χ3n) is 4.36. The summed E-state index contributed by atoms with van der Waals surface area (Å²) in [4.78, 5) is 23.3. The smallest absolute Gasteiger partial charge is 0.314 e. The molecule has 3 N–H and O–H groups in total. The Labute approximate surface area is 193 Å². The molecule has 0 aliphatic rings. The molecule has 3 amide bonds. The highest BCUT2D eigenvalue weighted by Gasteiger charge is 2.12. The molecular weight excluding hydrogens is 463 g/mol. The molecule has 2 rings (SSSR count).